The zero-order valence-corrected chi connectivity index (χ0v) is 20.6. The first-order valence-electron chi connectivity index (χ1n) is 12.4. The van der Waals surface area contributed by atoms with E-state index in [2.05, 4.69) is 58.7 Å². The average Bonchev–Trinajstić information content (AvgIpc) is 2.87. The van der Waals surface area contributed by atoms with E-state index in [9.17, 15) is 0 Å². The van der Waals surface area contributed by atoms with E-state index in [1.807, 2.05) is 4.90 Å². The molecule has 0 radical (unpaired) electrons. The Morgan fingerprint density at radius 3 is 1.94 bits per heavy atom. The van der Waals surface area contributed by atoms with Crippen LogP contribution in [-0.2, 0) is 4.74 Å². The van der Waals surface area contributed by atoms with Gasteiger partial charge in [-0.3, -0.25) is 0 Å². The zero-order valence-electron chi connectivity index (χ0n) is 20.6. The fourth-order valence-electron chi connectivity index (χ4n) is 4.99. The van der Waals surface area contributed by atoms with Crippen LogP contribution < -0.4 is 19.6 Å². The second-order valence-corrected chi connectivity index (χ2v) is 9.57. The molecule has 0 aliphatic carbocycles. The number of rotatable bonds is 4. The molecule has 1 aromatic carbocycles. The summed E-state index contributed by atoms with van der Waals surface area (Å²) in [6.45, 7) is 13.6. The Kier molecular flexibility index (Phi) is 6.74. The molecule has 0 bridgehead atoms. The fraction of sp³-hybridized carbons (Fsp3) is 0.600. The van der Waals surface area contributed by atoms with Crippen LogP contribution in [0.5, 0.6) is 0 Å². The molecule has 9 heteroatoms. The first-order valence-corrected chi connectivity index (χ1v) is 12.4. The van der Waals surface area contributed by atoms with Gasteiger partial charge in [0.05, 0.1) is 13.2 Å². The van der Waals surface area contributed by atoms with Crippen LogP contribution in [0.2, 0.25) is 0 Å². The van der Waals surface area contributed by atoms with Crippen molar-refractivity contribution in [2.45, 2.75) is 13.8 Å². The molecule has 184 valence electrons. The minimum absolute atomic E-state index is 0.306. The summed E-state index contributed by atoms with van der Waals surface area (Å²) in [4.78, 5) is 20.5. The summed E-state index contributed by atoms with van der Waals surface area (Å²) in [5.41, 5.74) is 3.89. The van der Waals surface area contributed by atoms with Gasteiger partial charge in [0, 0.05) is 71.1 Å². The molecule has 3 saturated heterocycles. The number of ether oxygens (including phenoxy) is 1. The summed E-state index contributed by atoms with van der Waals surface area (Å²) < 4.78 is 21.4. The lowest BCUT2D eigenvalue weighted by molar-refractivity contribution is 0.122. The van der Waals surface area contributed by atoms with E-state index in [1.54, 1.807) is 0 Å². The molecule has 8 nitrogen and oxygen atoms in total. The Bertz CT molecular complexity index is 997. The van der Waals surface area contributed by atoms with Crippen LogP contribution in [0.25, 0.3) is 0 Å². The third-order valence-electron chi connectivity index (χ3n) is 7.40. The highest BCUT2D eigenvalue weighted by molar-refractivity contribution is 5.60. The Morgan fingerprint density at radius 2 is 1.29 bits per heavy atom. The fourth-order valence-corrected chi connectivity index (χ4v) is 4.99. The maximum Gasteiger partial charge on any atom is 0.229 e. The van der Waals surface area contributed by atoms with Gasteiger partial charge in [-0.15, -0.1) is 0 Å². The molecule has 0 unspecified atom stereocenters. The third kappa shape index (κ3) is 4.63. The summed E-state index contributed by atoms with van der Waals surface area (Å²) in [6, 6.07) is 6.45. The normalized spacial score (nSPS) is 20.2. The minimum atomic E-state index is -0.306. The molecule has 4 heterocycles. The number of hydrogen-bond acceptors (Lipinski definition) is 8. The molecule has 5 rings (SSSR count). The predicted molar refractivity (Wildman–Crippen MR) is 135 cm³/mol. The van der Waals surface area contributed by atoms with Gasteiger partial charge in [0.2, 0.25) is 11.8 Å². The smallest absolute Gasteiger partial charge is 0.229 e. The van der Waals surface area contributed by atoms with E-state index in [4.69, 9.17) is 14.7 Å². The number of aryl methyl sites for hydroxylation is 1. The first kappa shape index (κ1) is 23.1. The van der Waals surface area contributed by atoms with Gasteiger partial charge in [0.25, 0.3) is 0 Å². The zero-order chi connectivity index (χ0) is 23.7. The third-order valence-corrected chi connectivity index (χ3v) is 7.40. The van der Waals surface area contributed by atoms with Gasteiger partial charge in [-0.2, -0.15) is 14.4 Å². The Labute approximate surface area is 201 Å². The highest BCUT2D eigenvalue weighted by Gasteiger charge is 2.29. The van der Waals surface area contributed by atoms with Crippen LogP contribution in [-0.4, -0.2) is 101 Å². The van der Waals surface area contributed by atoms with Crippen molar-refractivity contribution < 1.29 is 9.13 Å². The van der Waals surface area contributed by atoms with Crippen LogP contribution in [0.4, 0.5) is 27.7 Å². The van der Waals surface area contributed by atoms with Crippen molar-refractivity contribution in [2.24, 2.45) is 0 Å². The molecule has 3 aliphatic heterocycles. The number of hydrogen-bond donors (Lipinski definition) is 0. The molecule has 34 heavy (non-hydrogen) atoms. The van der Waals surface area contributed by atoms with Gasteiger partial charge >= 0.3 is 0 Å². The second kappa shape index (κ2) is 9.92. The summed E-state index contributed by atoms with van der Waals surface area (Å²) >= 11 is 0. The summed E-state index contributed by atoms with van der Waals surface area (Å²) in [5, 5.41) is 0. The summed E-state index contributed by atoms with van der Waals surface area (Å²) in [7, 11) is 2.13. The predicted octanol–water partition coefficient (Wildman–Crippen LogP) is 2.15. The largest absolute Gasteiger partial charge is 0.378 e. The number of nitrogens with zero attached hydrogens (tertiary/aromatic N) is 7. The molecule has 0 atom stereocenters. The topological polar surface area (TPSA) is 51.2 Å². The van der Waals surface area contributed by atoms with Crippen molar-refractivity contribution in [3.63, 3.8) is 0 Å². The van der Waals surface area contributed by atoms with Crippen molar-refractivity contribution >= 4 is 23.3 Å². The Morgan fingerprint density at radius 1 is 0.735 bits per heavy atom. The monoisotopic (exact) mass is 469 g/mol. The number of aromatic nitrogens is 2. The lowest BCUT2D eigenvalue weighted by Crippen LogP contribution is -2.48. The lowest BCUT2D eigenvalue weighted by atomic mass is 10.1. The van der Waals surface area contributed by atoms with Gasteiger partial charge in [0.1, 0.15) is 0 Å². The number of likely N-dealkylation sites (N-methyl/N-ethyl adjacent to an activating group) is 1. The molecule has 3 fully saturated rings. The Hall–Kier alpha value is -2.65. The quantitative estimate of drug-likeness (QED) is 0.675. The van der Waals surface area contributed by atoms with Crippen LogP contribution in [0.1, 0.15) is 11.1 Å². The van der Waals surface area contributed by atoms with E-state index >= 15 is 4.39 Å². The van der Waals surface area contributed by atoms with Crippen molar-refractivity contribution in [3.8, 4) is 0 Å². The van der Waals surface area contributed by atoms with Crippen LogP contribution in [0.15, 0.2) is 18.2 Å². The first-order chi connectivity index (χ1) is 16.5. The van der Waals surface area contributed by atoms with Gasteiger partial charge in [-0.1, -0.05) is 12.1 Å². The van der Waals surface area contributed by atoms with Crippen LogP contribution in [0, 0.1) is 19.7 Å². The van der Waals surface area contributed by atoms with E-state index in [0.717, 1.165) is 52.4 Å². The molecule has 3 aliphatic rings. The van der Waals surface area contributed by atoms with Crippen molar-refractivity contribution in [2.75, 3.05) is 105 Å². The van der Waals surface area contributed by atoms with Gasteiger partial charge in [0.15, 0.2) is 11.6 Å². The maximum atomic E-state index is 15.9. The number of halogens is 1. The van der Waals surface area contributed by atoms with E-state index < -0.39 is 0 Å². The van der Waals surface area contributed by atoms with Crippen molar-refractivity contribution in [1.82, 2.24) is 14.9 Å². The molecular weight excluding hydrogens is 433 g/mol. The van der Waals surface area contributed by atoms with E-state index in [-0.39, 0.29) is 5.82 Å². The number of anilines is 4. The van der Waals surface area contributed by atoms with Crippen molar-refractivity contribution in [1.29, 1.82) is 0 Å². The van der Waals surface area contributed by atoms with Gasteiger partial charge in [-0.25, -0.2) is 0 Å². The molecule has 1 aromatic heterocycles. The summed E-state index contributed by atoms with van der Waals surface area (Å²) in [6.07, 6.45) is 0. The minimum Gasteiger partial charge on any atom is -0.378 e. The molecule has 0 N–H and O–H groups in total. The molecule has 2 aromatic rings. The average molecular weight is 470 g/mol. The number of morpholine rings is 1. The van der Waals surface area contributed by atoms with E-state index in [1.165, 1.54) is 16.8 Å². The molecule has 0 saturated carbocycles. The Balaban J connectivity index is 1.41. The number of piperazine rings is 2. The highest BCUT2D eigenvalue weighted by Crippen LogP contribution is 2.31. The maximum absolute atomic E-state index is 15.9. The van der Waals surface area contributed by atoms with Crippen LogP contribution in [0.3, 0.4) is 0 Å². The van der Waals surface area contributed by atoms with E-state index in [0.29, 0.717) is 43.9 Å². The second-order valence-electron chi connectivity index (χ2n) is 9.57. The molecule has 0 amide bonds. The van der Waals surface area contributed by atoms with Gasteiger partial charge in [-0.05, 0) is 38.1 Å². The standard InChI is InChI=1S/C25H36FN7O/c1-19-5-4-6-21(20(19)2)30-11-13-31(14-12-30)23-22(26)24(32-15-17-34-18-16-32)28-25(27-23)33-9-7-29(3)8-10-33/h4-6H,7-18H2,1-3H3. The highest BCUT2D eigenvalue weighted by atomic mass is 19.1. The van der Waals surface area contributed by atoms with Crippen molar-refractivity contribution in [3.05, 3.63) is 35.1 Å². The number of benzene rings is 1. The van der Waals surface area contributed by atoms with Gasteiger partial charge < -0.3 is 29.2 Å². The molecular formula is C25H36FN7O. The molecule has 0 spiro atoms. The SMILES string of the molecule is Cc1cccc(N2CCN(c3nc(N4CCN(C)CC4)nc(N4CCOCC4)c3F)CC2)c1C. The summed E-state index contributed by atoms with van der Waals surface area (Å²) in [5.74, 6) is 1.19. The lowest BCUT2D eigenvalue weighted by Gasteiger charge is -2.39. The van der Waals surface area contributed by atoms with Crippen LogP contribution >= 0.6 is 0 Å².